The average molecular weight is 249 g/mol. The van der Waals surface area contributed by atoms with E-state index in [2.05, 4.69) is 22.0 Å². The number of hydrogen-bond acceptors (Lipinski definition) is 3. The molecular weight excluding hydrogens is 236 g/mol. The smallest absolute Gasteiger partial charge is 0.129 e. The lowest BCUT2D eigenvalue weighted by atomic mass is 10.3. The SMILES string of the molecule is C=Cn1cc(CNc2ccc(Cl)nc2C)cn1. The van der Waals surface area contributed by atoms with E-state index in [0.717, 1.165) is 16.9 Å². The van der Waals surface area contributed by atoms with Gasteiger partial charge in [-0.1, -0.05) is 18.2 Å². The fourth-order valence-corrected chi connectivity index (χ4v) is 1.67. The van der Waals surface area contributed by atoms with Crippen molar-refractivity contribution in [2.75, 3.05) is 5.32 Å². The van der Waals surface area contributed by atoms with Gasteiger partial charge in [-0.3, -0.25) is 0 Å². The van der Waals surface area contributed by atoms with Crippen molar-refractivity contribution in [3.8, 4) is 0 Å². The Bertz CT molecular complexity index is 533. The predicted octanol–water partition coefficient (Wildman–Crippen LogP) is 2.95. The van der Waals surface area contributed by atoms with Crippen molar-refractivity contribution in [1.29, 1.82) is 0 Å². The highest BCUT2D eigenvalue weighted by Crippen LogP contribution is 2.16. The topological polar surface area (TPSA) is 42.7 Å². The van der Waals surface area contributed by atoms with Crippen molar-refractivity contribution in [3.05, 3.63) is 47.5 Å². The van der Waals surface area contributed by atoms with Crippen LogP contribution in [0.3, 0.4) is 0 Å². The molecule has 0 saturated heterocycles. The van der Waals surface area contributed by atoms with Gasteiger partial charge in [0, 0.05) is 24.5 Å². The van der Waals surface area contributed by atoms with E-state index < -0.39 is 0 Å². The van der Waals surface area contributed by atoms with Gasteiger partial charge in [0.05, 0.1) is 17.6 Å². The van der Waals surface area contributed by atoms with Crippen LogP contribution < -0.4 is 5.32 Å². The van der Waals surface area contributed by atoms with Crippen LogP contribution in [0.4, 0.5) is 5.69 Å². The molecule has 0 radical (unpaired) electrons. The van der Waals surface area contributed by atoms with Crippen LogP contribution in [0.25, 0.3) is 6.20 Å². The largest absolute Gasteiger partial charge is 0.379 e. The van der Waals surface area contributed by atoms with E-state index in [-0.39, 0.29) is 0 Å². The Labute approximate surface area is 105 Å². The molecule has 0 aliphatic rings. The summed E-state index contributed by atoms with van der Waals surface area (Å²) >= 11 is 5.79. The number of nitrogens with one attached hydrogen (secondary N) is 1. The first-order chi connectivity index (χ1) is 8.19. The first kappa shape index (κ1) is 11.7. The molecule has 0 atom stereocenters. The van der Waals surface area contributed by atoms with Crippen LogP contribution in [0.15, 0.2) is 31.1 Å². The zero-order chi connectivity index (χ0) is 12.3. The van der Waals surface area contributed by atoms with E-state index in [0.29, 0.717) is 11.7 Å². The Balaban J connectivity index is 2.04. The van der Waals surface area contributed by atoms with Gasteiger partial charge in [-0.25, -0.2) is 9.67 Å². The van der Waals surface area contributed by atoms with Gasteiger partial charge in [-0.2, -0.15) is 5.10 Å². The lowest BCUT2D eigenvalue weighted by Crippen LogP contribution is -2.01. The predicted molar refractivity (Wildman–Crippen MR) is 69.9 cm³/mol. The zero-order valence-corrected chi connectivity index (χ0v) is 10.3. The quantitative estimate of drug-likeness (QED) is 0.846. The first-order valence-corrected chi connectivity index (χ1v) is 5.59. The summed E-state index contributed by atoms with van der Waals surface area (Å²) in [6.07, 6.45) is 5.37. The Morgan fingerprint density at radius 1 is 1.53 bits per heavy atom. The Kier molecular flexibility index (Phi) is 3.44. The van der Waals surface area contributed by atoms with E-state index in [1.165, 1.54) is 0 Å². The third-order valence-corrected chi connectivity index (χ3v) is 2.59. The minimum Gasteiger partial charge on any atom is -0.379 e. The Morgan fingerprint density at radius 3 is 3.00 bits per heavy atom. The molecule has 4 nitrogen and oxygen atoms in total. The molecule has 0 bridgehead atoms. The molecule has 0 fully saturated rings. The molecule has 17 heavy (non-hydrogen) atoms. The van der Waals surface area contributed by atoms with Gasteiger partial charge in [0.15, 0.2) is 0 Å². The number of rotatable bonds is 4. The van der Waals surface area contributed by atoms with Gasteiger partial charge in [-0.05, 0) is 19.1 Å². The van der Waals surface area contributed by atoms with Crippen LogP contribution in [0, 0.1) is 6.92 Å². The summed E-state index contributed by atoms with van der Waals surface area (Å²) in [5.74, 6) is 0. The second kappa shape index (κ2) is 5.01. The lowest BCUT2D eigenvalue weighted by molar-refractivity contribution is 0.936. The van der Waals surface area contributed by atoms with E-state index in [1.54, 1.807) is 23.1 Å². The number of halogens is 1. The second-order valence-electron chi connectivity index (χ2n) is 3.63. The third kappa shape index (κ3) is 2.85. The maximum absolute atomic E-state index is 5.79. The van der Waals surface area contributed by atoms with E-state index >= 15 is 0 Å². The van der Waals surface area contributed by atoms with Crippen molar-refractivity contribution in [2.45, 2.75) is 13.5 Å². The fourth-order valence-electron chi connectivity index (χ4n) is 1.48. The molecule has 0 saturated carbocycles. The molecule has 0 aromatic carbocycles. The van der Waals surface area contributed by atoms with E-state index in [9.17, 15) is 0 Å². The highest BCUT2D eigenvalue weighted by molar-refractivity contribution is 6.29. The number of nitrogens with zero attached hydrogens (tertiary/aromatic N) is 3. The first-order valence-electron chi connectivity index (χ1n) is 5.21. The fraction of sp³-hybridized carbons (Fsp3) is 0.167. The molecule has 2 heterocycles. The van der Waals surface area contributed by atoms with Crippen molar-refractivity contribution in [2.24, 2.45) is 0 Å². The van der Waals surface area contributed by atoms with Gasteiger partial charge in [0.2, 0.25) is 0 Å². The number of aromatic nitrogens is 3. The number of hydrogen-bond donors (Lipinski definition) is 1. The minimum absolute atomic E-state index is 0.507. The second-order valence-corrected chi connectivity index (χ2v) is 4.02. The molecule has 0 aliphatic carbocycles. The van der Waals surface area contributed by atoms with Gasteiger partial charge < -0.3 is 5.32 Å². The molecule has 0 unspecified atom stereocenters. The monoisotopic (exact) mass is 248 g/mol. The molecule has 2 rings (SSSR count). The Morgan fingerprint density at radius 2 is 2.35 bits per heavy atom. The summed E-state index contributed by atoms with van der Waals surface area (Å²) in [4.78, 5) is 4.17. The summed E-state index contributed by atoms with van der Waals surface area (Å²) in [5, 5.41) is 7.90. The molecule has 0 amide bonds. The van der Waals surface area contributed by atoms with E-state index in [1.807, 2.05) is 19.2 Å². The highest BCUT2D eigenvalue weighted by atomic mass is 35.5. The maximum Gasteiger partial charge on any atom is 0.129 e. The maximum atomic E-state index is 5.79. The van der Waals surface area contributed by atoms with Crippen LogP contribution in [-0.2, 0) is 6.54 Å². The van der Waals surface area contributed by atoms with Crippen LogP contribution >= 0.6 is 11.6 Å². The standard InChI is InChI=1S/C12H13ClN4/c1-3-17-8-10(7-15-17)6-14-11-4-5-12(13)16-9(11)2/h3-5,7-8,14H,1,6H2,2H3. The number of aryl methyl sites for hydroxylation is 1. The molecule has 2 aromatic rings. The van der Waals surface area contributed by atoms with Crippen molar-refractivity contribution in [1.82, 2.24) is 14.8 Å². The summed E-state index contributed by atoms with van der Waals surface area (Å²) in [6.45, 7) is 6.25. The van der Waals surface area contributed by atoms with Crippen molar-refractivity contribution in [3.63, 3.8) is 0 Å². The molecule has 0 spiro atoms. The van der Waals surface area contributed by atoms with Crippen molar-refractivity contribution >= 4 is 23.5 Å². The normalized spacial score (nSPS) is 10.2. The van der Waals surface area contributed by atoms with Crippen LogP contribution in [-0.4, -0.2) is 14.8 Å². The van der Waals surface area contributed by atoms with Gasteiger partial charge in [0.25, 0.3) is 0 Å². The summed E-state index contributed by atoms with van der Waals surface area (Å²) in [6, 6.07) is 3.69. The third-order valence-electron chi connectivity index (χ3n) is 2.38. The summed E-state index contributed by atoms with van der Waals surface area (Å²) in [7, 11) is 0. The summed E-state index contributed by atoms with van der Waals surface area (Å²) in [5.41, 5.74) is 2.94. The highest BCUT2D eigenvalue weighted by Gasteiger charge is 2.01. The molecule has 5 heteroatoms. The lowest BCUT2D eigenvalue weighted by Gasteiger charge is -2.07. The molecule has 88 valence electrons. The van der Waals surface area contributed by atoms with Gasteiger partial charge in [-0.15, -0.1) is 0 Å². The zero-order valence-electron chi connectivity index (χ0n) is 9.52. The van der Waals surface area contributed by atoms with Crippen LogP contribution in [0.2, 0.25) is 5.15 Å². The van der Waals surface area contributed by atoms with Crippen LogP contribution in [0.5, 0.6) is 0 Å². The van der Waals surface area contributed by atoms with Crippen molar-refractivity contribution < 1.29 is 0 Å². The summed E-state index contributed by atoms with van der Waals surface area (Å²) < 4.78 is 1.67. The van der Waals surface area contributed by atoms with E-state index in [4.69, 9.17) is 11.6 Å². The van der Waals surface area contributed by atoms with Gasteiger partial charge in [0.1, 0.15) is 5.15 Å². The average Bonchev–Trinajstić information content (AvgIpc) is 2.76. The molecule has 0 aliphatic heterocycles. The van der Waals surface area contributed by atoms with Crippen LogP contribution in [0.1, 0.15) is 11.3 Å². The molecule has 1 N–H and O–H groups in total. The van der Waals surface area contributed by atoms with Gasteiger partial charge >= 0.3 is 0 Å². The molecular formula is C12H13ClN4. The Hall–Kier alpha value is -1.81. The molecule has 2 aromatic heterocycles. The minimum atomic E-state index is 0.507. The number of pyridine rings is 1. The number of anilines is 1.